The van der Waals surface area contributed by atoms with Crippen molar-refractivity contribution in [2.75, 3.05) is 33.7 Å². The van der Waals surface area contributed by atoms with Gasteiger partial charge in [0.1, 0.15) is 0 Å². The van der Waals surface area contributed by atoms with Crippen LogP contribution in [0.3, 0.4) is 0 Å². The summed E-state index contributed by atoms with van der Waals surface area (Å²) in [6.07, 6.45) is 5.22. The molecule has 23 heavy (non-hydrogen) atoms. The second-order valence-electron chi connectivity index (χ2n) is 7.76. The molecule has 0 aromatic rings. The van der Waals surface area contributed by atoms with Crippen molar-refractivity contribution in [1.29, 1.82) is 0 Å². The molecule has 3 aliphatic rings. The topological polar surface area (TPSA) is 46.6 Å². The van der Waals surface area contributed by atoms with Gasteiger partial charge >= 0.3 is 0 Å². The lowest BCUT2D eigenvalue weighted by molar-refractivity contribution is -0.890. The molecule has 3 saturated heterocycles. The molecule has 0 aromatic carbocycles. The average molecular weight is 389 g/mol. The van der Waals surface area contributed by atoms with E-state index in [4.69, 9.17) is 4.74 Å². The van der Waals surface area contributed by atoms with Crippen molar-refractivity contribution < 1.29 is 35.8 Å². The van der Waals surface area contributed by atoms with Crippen LogP contribution in [0.25, 0.3) is 0 Å². The number of carbonyl (C=O) groups is 2. The Balaban J connectivity index is 0.00000192. The van der Waals surface area contributed by atoms with Gasteiger partial charge in [0.2, 0.25) is 11.8 Å². The zero-order valence-corrected chi connectivity index (χ0v) is 16.0. The Morgan fingerprint density at radius 3 is 2.09 bits per heavy atom. The van der Waals surface area contributed by atoms with E-state index in [1.807, 2.05) is 0 Å². The molecule has 6 heteroatoms. The summed E-state index contributed by atoms with van der Waals surface area (Å²) in [5.41, 5.74) is 0. The summed E-state index contributed by atoms with van der Waals surface area (Å²) in [5.74, 6) is -0.287. The largest absolute Gasteiger partial charge is 1.00 e. The minimum absolute atomic E-state index is 0. The lowest BCUT2D eigenvalue weighted by Gasteiger charge is -2.30. The first kappa shape index (κ1) is 18.9. The third-order valence-electron chi connectivity index (χ3n) is 5.64. The Kier molecular flexibility index (Phi) is 5.90. The van der Waals surface area contributed by atoms with E-state index in [0.29, 0.717) is 6.54 Å². The minimum atomic E-state index is -0.172. The number of likely N-dealkylation sites (tertiary alicyclic amines) is 1. The summed E-state index contributed by atoms with van der Waals surface area (Å²) in [5, 5.41) is 0. The smallest absolute Gasteiger partial charge is 0.235 e. The maximum absolute atomic E-state index is 12.5. The number of hydrogen-bond donors (Lipinski definition) is 0. The Hall–Kier alpha value is -0.460. The Labute approximate surface area is 149 Å². The summed E-state index contributed by atoms with van der Waals surface area (Å²) in [6.45, 7) is 4.95. The Morgan fingerprint density at radius 2 is 1.57 bits per heavy atom. The van der Waals surface area contributed by atoms with Crippen LogP contribution >= 0.6 is 0 Å². The van der Waals surface area contributed by atoms with Crippen LogP contribution in [0, 0.1) is 11.8 Å². The number of rotatable bonds is 7. The number of hydrogen-bond acceptors (Lipinski definition) is 3. The molecule has 2 bridgehead atoms. The number of amides is 2. The summed E-state index contributed by atoms with van der Waals surface area (Å²) >= 11 is 0. The zero-order valence-electron chi connectivity index (χ0n) is 14.5. The maximum atomic E-state index is 12.5. The van der Waals surface area contributed by atoms with Gasteiger partial charge in [-0.05, 0) is 19.3 Å². The van der Waals surface area contributed by atoms with Gasteiger partial charge in [0.05, 0.1) is 51.2 Å². The van der Waals surface area contributed by atoms with Gasteiger partial charge in [-0.1, -0.05) is 13.3 Å². The van der Waals surface area contributed by atoms with E-state index in [-0.39, 0.29) is 52.8 Å². The van der Waals surface area contributed by atoms with E-state index < -0.39 is 0 Å². The summed E-state index contributed by atoms with van der Waals surface area (Å²) < 4.78 is 6.72. The second-order valence-corrected chi connectivity index (χ2v) is 7.76. The monoisotopic (exact) mass is 388 g/mol. The van der Waals surface area contributed by atoms with E-state index >= 15 is 0 Å². The first-order valence-electron chi connectivity index (χ1n) is 8.77. The summed E-state index contributed by atoms with van der Waals surface area (Å²) in [4.78, 5) is 26.6. The first-order valence-corrected chi connectivity index (χ1v) is 8.77. The number of carbonyl (C=O) groups excluding carboxylic acids is 2. The van der Waals surface area contributed by atoms with Crippen LogP contribution in [0.2, 0.25) is 0 Å². The SMILES string of the molecule is CCCC[N+](C)(C)CCCN1C(=O)[C@@H]2[C@H](C1=O)[C@H]1CC[C@@H]2O1.[Br-]. The normalized spacial score (nSPS) is 32.4. The van der Waals surface area contributed by atoms with E-state index in [0.717, 1.165) is 36.8 Å². The molecule has 0 unspecified atom stereocenters. The van der Waals surface area contributed by atoms with Crippen LogP contribution in [0.4, 0.5) is 0 Å². The summed E-state index contributed by atoms with van der Waals surface area (Å²) in [6, 6.07) is 0. The third-order valence-corrected chi connectivity index (χ3v) is 5.64. The molecular formula is C17H29BrN2O3. The lowest BCUT2D eigenvalue weighted by Crippen LogP contribution is -3.00. The molecule has 3 fully saturated rings. The highest BCUT2D eigenvalue weighted by Gasteiger charge is 2.62. The number of fused-ring (bicyclic) bond motifs is 5. The molecule has 0 aromatic heterocycles. The standard InChI is InChI=1S/C17H29N2O3.BrH/c1-4-5-10-19(2,3)11-6-9-18-16(20)14-12-7-8-13(22-12)15(14)17(18)21;/h12-15H,4-11H2,1-3H3;1H/q+1;/p-1/t12-,13+,14-,15+;. The molecule has 132 valence electrons. The van der Waals surface area contributed by atoms with Gasteiger partial charge < -0.3 is 26.2 Å². The molecule has 3 rings (SSSR count). The molecule has 4 atom stereocenters. The minimum Gasteiger partial charge on any atom is -1.00 e. The van der Waals surface area contributed by atoms with Crippen LogP contribution in [0.15, 0.2) is 0 Å². The quantitative estimate of drug-likeness (QED) is 0.390. The predicted molar refractivity (Wildman–Crippen MR) is 83.0 cm³/mol. The van der Waals surface area contributed by atoms with E-state index in [1.54, 1.807) is 0 Å². The molecule has 2 amide bonds. The van der Waals surface area contributed by atoms with Crippen LogP contribution in [0.5, 0.6) is 0 Å². The Morgan fingerprint density at radius 1 is 1.04 bits per heavy atom. The van der Waals surface area contributed by atoms with Gasteiger partial charge in [-0.2, -0.15) is 0 Å². The van der Waals surface area contributed by atoms with Crippen LogP contribution in [0.1, 0.15) is 39.0 Å². The molecule has 0 radical (unpaired) electrons. The molecule has 0 saturated carbocycles. The molecular weight excluding hydrogens is 360 g/mol. The van der Waals surface area contributed by atoms with Gasteiger partial charge in [-0.3, -0.25) is 14.5 Å². The van der Waals surface area contributed by atoms with Crippen molar-refractivity contribution in [3.05, 3.63) is 0 Å². The molecule has 0 spiro atoms. The van der Waals surface area contributed by atoms with E-state index in [1.165, 1.54) is 17.7 Å². The van der Waals surface area contributed by atoms with Crippen molar-refractivity contribution in [2.45, 2.75) is 51.2 Å². The number of quaternary nitrogens is 1. The molecule has 3 aliphatic heterocycles. The zero-order chi connectivity index (χ0) is 15.9. The van der Waals surface area contributed by atoms with Gasteiger partial charge in [-0.15, -0.1) is 0 Å². The maximum Gasteiger partial charge on any atom is 0.235 e. The van der Waals surface area contributed by atoms with Gasteiger partial charge in [-0.25, -0.2) is 0 Å². The van der Waals surface area contributed by atoms with Gasteiger partial charge in [0.15, 0.2) is 0 Å². The van der Waals surface area contributed by atoms with Crippen LogP contribution in [-0.4, -0.2) is 67.1 Å². The van der Waals surface area contributed by atoms with Crippen LogP contribution in [-0.2, 0) is 14.3 Å². The predicted octanol–water partition coefficient (Wildman–Crippen LogP) is -1.58. The third kappa shape index (κ3) is 3.49. The van der Waals surface area contributed by atoms with Crippen molar-refractivity contribution in [3.8, 4) is 0 Å². The Bertz CT molecular complexity index is 441. The van der Waals surface area contributed by atoms with Crippen molar-refractivity contribution in [1.82, 2.24) is 4.90 Å². The lowest BCUT2D eigenvalue weighted by atomic mass is 9.81. The number of imide groups is 1. The van der Waals surface area contributed by atoms with Crippen LogP contribution < -0.4 is 17.0 Å². The average Bonchev–Trinajstić information content (AvgIpc) is 3.14. The molecule has 5 nitrogen and oxygen atoms in total. The molecule has 0 aliphatic carbocycles. The first-order chi connectivity index (χ1) is 10.4. The highest BCUT2D eigenvalue weighted by molar-refractivity contribution is 6.06. The fourth-order valence-corrected chi connectivity index (χ4v) is 4.35. The fourth-order valence-electron chi connectivity index (χ4n) is 4.35. The fraction of sp³-hybridized carbons (Fsp3) is 0.882. The number of unbranched alkanes of at least 4 members (excludes halogenated alkanes) is 1. The molecule has 3 heterocycles. The number of ether oxygens (including phenoxy) is 1. The number of nitrogens with zero attached hydrogens (tertiary/aromatic N) is 2. The van der Waals surface area contributed by atoms with Gasteiger partial charge in [0.25, 0.3) is 0 Å². The van der Waals surface area contributed by atoms with Gasteiger partial charge in [0, 0.05) is 13.0 Å². The van der Waals surface area contributed by atoms with Crippen molar-refractivity contribution in [2.24, 2.45) is 11.8 Å². The second kappa shape index (κ2) is 7.19. The van der Waals surface area contributed by atoms with Crippen molar-refractivity contribution >= 4 is 11.8 Å². The van der Waals surface area contributed by atoms with E-state index in [2.05, 4.69) is 21.0 Å². The van der Waals surface area contributed by atoms with Crippen molar-refractivity contribution in [3.63, 3.8) is 0 Å². The summed E-state index contributed by atoms with van der Waals surface area (Å²) in [7, 11) is 4.46. The highest BCUT2D eigenvalue weighted by atomic mass is 79.9. The highest BCUT2D eigenvalue weighted by Crippen LogP contribution is 2.48. The van der Waals surface area contributed by atoms with E-state index in [9.17, 15) is 9.59 Å². The number of halogens is 1. The molecule has 0 N–H and O–H groups in total.